The average molecular weight is 282 g/mol. The molecule has 0 saturated carbocycles. The lowest BCUT2D eigenvalue weighted by atomic mass is 10.0. The molecule has 1 aromatic carbocycles. The molecule has 2 rings (SSSR count). The summed E-state index contributed by atoms with van der Waals surface area (Å²) in [5, 5.41) is 14.5. The molecular weight excluding hydrogens is 266 g/mol. The highest BCUT2D eigenvalue weighted by molar-refractivity contribution is 5.36. The highest BCUT2D eigenvalue weighted by Gasteiger charge is 2.22. The van der Waals surface area contributed by atoms with Gasteiger partial charge in [-0.25, -0.2) is 8.78 Å². The second-order valence-electron chi connectivity index (χ2n) is 4.29. The fourth-order valence-corrected chi connectivity index (χ4v) is 2.09. The summed E-state index contributed by atoms with van der Waals surface area (Å²) in [4.78, 5) is 0. The highest BCUT2D eigenvalue weighted by atomic mass is 19.3. The Bertz CT molecular complexity index is 563. The van der Waals surface area contributed by atoms with Gasteiger partial charge in [0.15, 0.2) is 5.75 Å². The molecule has 1 heterocycles. The van der Waals surface area contributed by atoms with Crippen molar-refractivity contribution >= 4 is 0 Å². The summed E-state index contributed by atoms with van der Waals surface area (Å²) >= 11 is 0. The SMILES string of the molecule is CCn1ncc(OC)c1C(O)c1cccc(C(F)F)c1. The van der Waals surface area contributed by atoms with Gasteiger partial charge in [-0.1, -0.05) is 18.2 Å². The number of halogens is 2. The molecule has 0 aliphatic heterocycles. The van der Waals surface area contributed by atoms with Gasteiger partial charge in [-0.15, -0.1) is 0 Å². The van der Waals surface area contributed by atoms with Crippen molar-refractivity contribution in [3.05, 3.63) is 47.3 Å². The van der Waals surface area contributed by atoms with Gasteiger partial charge in [0, 0.05) is 12.1 Å². The monoisotopic (exact) mass is 282 g/mol. The van der Waals surface area contributed by atoms with Crippen LogP contribution in [0.2, 0.25) is 0 Å². The fourth-order valence-electron chi connectivity index (χ4n) is 2.09. The van der Waals surface area contributed by atoms with Gasteiger partial charge in [0.2, 0.25) is 0 Å². The standard InChI is InChI=1S/C14H16F2N2O2/c1-3-18-12(11(20-2)8-17-18)13(19)9-5-4-6-10(7-9)14(15)16/h4-8,13-14,19H,3H2,1-2H3. The molecule has 1 aromatic heterocycles. The van der Waals surface area contributed by atoms with E-state index in [1.807, 2.05) is 6.92 Å². The Balaban J connectivity index is 2.43. The molecule has 108 valence electrons. The van der Waals surface area contributed by atoms with Gasteiger partial charge < -0.3 is 9.84 Å². The zero-order chi connectivity index (χ0) is 14.7. The predicted octanol–water partition coefficient (Wildman–Crippen LogP) is 2.93. The van der Waals surface area contributed by atoms with E-state index in [0.29, 0.717) is 23.6 Å². The van der Waals surface area contributed by atoms with Crippen LogP contribution in [0.3, 0.4) is 0 Å². The Morgan fingerprint density at radius 2 is 2.05 bits per heavy atom. The number of aryl methyl sites for hydroxylation is 1. The van der Waals surface area contributed by atoms with Gasteiger partial charge in [-0.2, -0.15) is 5.10 Å². The van der Waals surface area contributed by atoms with Crippen LogP contribution in [0.25, 0.3) is 0 Å². The zero-order valence-corrected chi connectivity index (χ0v) is 11.3. The minimum Gasteiger partial charge on any atom is -0.493 e. The van der Waals surface area contributed by atoms with E-state index in [-0.39, 0.29) is 5.56 Å². The Morgan fingerprint density at radius 3 is 2.65 bits per heavy atom. The van der Waals surface area contributed by atoms with E-state index in [4.69, 9.17) is 4.74 Å². The molecule has 4 nitrogen and oxygen atoms in total. The van der Waals surface area contributed by atoms with Gasteiger partial charge in [-0.3, -0.25) is 4.68 Å². The minimum atomic E-state index is -2.57. The van der Waals surface area contributed by atoms with Crippen LogP contribution >= 0.6 is 0 Å². The van der Waals surface area contributed by atoms with Crippen molar-refractivity contribution < 1.29 is 18.6 Å². The lowest BCUT2D eigenvalue weighted by Gasteiger charge is -2.15. The van der Waals surface area contributed by atoms with Crippen molar-refractivity contribution in [3.8, 4) is 5.75 Å². The normalized spacial score (nSPS) is 12.7. The maximum atomic E-state index is 12.7. The summed E-state index contributed by atoms with van der Waals surface area (Å²) in [6, 6.07) is 5.72. The molecule has 1 N–H and O–H groups in total. The average Bonchev–Trinajstić information content (AvgIpc) is 2.89. The first-order valence-corrected chi connectivity index (χ1v) is 6.24. The smallest absolute Gasteiger partial charge is 0.263 e. The van der Waals surface area contributed by atoms with Crippen LogP contribution < -0.4 is 4.74 Å². The largest absolute Gasteiger partial charge is 0.493 e. The zero-order valence-electron chi connectivity index (χ0n) is 11.3. The molecule has 0 bridgehead atoms. The number of benzene rings is 1. The molecule has 1 unspecified atom stereocenters. The highest BCUT2D eigenvalue weighted by Crippen LogP contribution is 2.31. The first kappa shape index (κ1) is 14.5. The minimum absolute atomic E-state index is 0.122. The maximum absolute atomic E-state index is 12.7. The first-order valence-electron chi connectivity index (χ1n) is 6.24. The third-order valence-electron chi connectivity index (χ3n) is 3.10. The van der Waals surface area contributed by atoms with Crippen LogP contribution in [0.15, 0.2) is 30.5 Å². The van der Waals surface area contributed by atoms with Gasteiger partial charge in [0.05, 0.1) is 13.3 Å². The number of hydrogen-bond acceptors (Lipinski definition) is 3. The number of nitrogens with zero attached hydrogens (tertiary/aromatic N) is 2. The second kappa shape index (κ2) is 6.00. The Hall–Kier alpha value is -1.95. The van der Waals surface area contributed by atoms with Gasteiger partial charge in [0.25, 0.3) is 6.43 Å². The van der Waals surface area contributed by atoms with E-state index in [0.717, 1.165) is 0 Å². The number of ether oxygens (including phenoxy) is 1. The quantitative estimate of drug-likeness (QED) is 0.917. The van der Waals surface area contributed by atoms with Gasteiger partial charge in [0.1, 0.15) is 11.8 Å². The third kappa shape index (κ3) is 2.65. The number of aliphatic hydroxyl groups excluding tert-OH is 1. The van der Waals surface area contributed by atoms with Crippen molar-refractivity contribution in [2.24, 2.45) is 0 Å². The van der Waals surface area contributed by atoms with E-state index in [2.05, 4.69) is 5.10 Å². The molecule has 0 aliphatic carbocycles. The number of rotatable bonds is 5. The van der Waals surface area contributed by atoms with Crippen LogP contribution in [0.5, 0.6) is 5.75 Å². The predicted molar refractivity (Wildman–Crippen MR) is 69.9 cm³/mol. The summed E-state index contributed by atoms with van der Waals surface area (Å²) in [6.45, 7) is 2.42. The molecule has 20 heavy (non-hydrogen) atoms. The number of aromatic nitrogens is 2. The summed E-state index contributed by atoms with van der Waals surface area (Å²) in [6.07, 6.45) is -2.13. The lowest BCUT2D eigenvalue weighted by molar-refractivity contribution is 0.150. The summed E-state index contributed by atoms with van der Waals surface area (Å²) < 4.78 is 32.2. The molecule has 6 heteroatoms. The Labute approximate surface area is 115 Å². The lowest BCUT2D eigenvalue weighted by Crippen LogP contribution is -2.10. The van der Waals surface area contributed by atoms with Crippen molar-refractivity contribution in [2.75, 3.05) is 7.11 Å². The molecule has 0 spiro atoms. The molecule has 0 aliphatic rings. The van der Waals surface area contributed by atoms with Crippen molar-refractivity contribution in [2.45, 2.75) is 26.0 Å². The summed E-state index contributed by atoms with van der Waals surface area (Å²) in [5.74, 6) is 0.432. The molecule has 0 radical (unpaired) electrons. The van der Waals surface area contributed by atoms with Crippen LogP contribution in [-0.2, 0) is 6.54 Å². The van der Waals surface area contributed by atoms with Crippen molar-refractivity contribution in [3.63, 3.8) is 0 Å². The number of aliphatic hydroxyl groups is 1. The fraction of sp³-hybridized carbons (Fsp3) is 0.357. The Morgan fingerprint density at radius 1 is 1.35 bits per heavy atom. The maximum Gasteiger partial charge on any atom is 0.263 e. The summed E-state index contributed by atoms with van der Waals surface area (Å²) in [5.41, 5.74) is 0.723. The first-order chi connectivity index (χ1) is 9.58. The number of alkyl halides is 2. The van der Waals surface area contributed by atoms with Crippen LogP contribution in [0.1, 0.15) is 36.3 Å². The van der Waals surface area contributed by atoms with E-state index >= 15 is 0 Å². The van der Waals surface area contributed by atoms with Gasteiger partial charge >= 0.3 is 0 Å². The van der Waals surface area contributed by atoms with Crippen LogP contribution in [-0.4, -0.2) is 22.0 Å². The molecular formula is C14H16F2N2O2. The van der Waals surface area contributed by atoms with Gasteiger partial charge in [-0.05, 0) is 18.6 Å². The molecule has 0 fully saturated rings. The van der Waals surface area contributed by atoms with Crippen molar-refractivity contribution in [1.29, 1.82) is 0 Å². The Kier molecular flexibility index (Phi) is 4.34. The number of methoxy groups -OCH3 is 1. The van der Waals surface area contributed by atoms with Crippen molar-refractivity contribution in [1.82, 2.24) is 9.78 Å². The van der Waals surface area contributed by atoms with Crippen LogP contribution in [0, 0.1) is 0 Å². The summed E-state index contributed by atoms with van der Waals surface area (Å²) in [7, 11) is 1.48. The molecule has 0 saturated heterocycles. The topological polar surface area (TPSA) is 47.3 Å². The molecule has 0 amide bonds. The third-order valence-corrected chi connectivity index (χ3v) is 3.10. The molecule has 2 aromatic rings. The van der Waals surface area contributed by atoms with E-state index in [1.54, 1.807) is 10.7 Å². The van der Waals surface area contributed by atoms with E-state index in [1.165, 1.54) is 31.5 Å². The molecule has 1 atom stereocenters. The van der Waals surface area contributed by atoms with E-state index < -0.39 is 12.5 Å². The number of hydrogen-bond donors (Lipinski definition) is 1. The van der Waals surface area contributed by atoms with Crippen LogP contribution in [0.4, 0.5) is 8.78 Å². The van der Waals surface area contributed by atoms with E-state index in [9.17, 15) is 13.9 Å². The second-order valence-corrected chi connectivity index (χ2v) is 4.29.